The lowest BCUT2D eigenvalue weighted by molar-refractivity contribution is 0.0916. The van der Waals surface area contributed by atoms with Gasteiger partial charge in [-0.25, -0.2) is 4.79 Å². The average Bonchev–Trinajstić information content (AvgIpc) is 3.37. The van der Waals surface area contributed by atoms with Crippen molar-refractivity contribution in [3.63, 3.8) is 0 Å². The van der Waals surface area contributed by atoms with Crippen LogP contribution in [0.2, 0.25) is 0 Å². The number of carbonyl (C=O) groups is 2. The lowest BCUT2D eigenvalue weighted by Crippen LogP contribution is -2.34. The Kier molecular flexibility index (Phi) is 4.61. The highest BCUT2D eigenvalue weighted by Crippen LogP contribution is 2.20. The summed E-state index contributed by atoms with van der Waals surface area (Å²) in [5.41, 5.74) is 2.26. The van der Waals surface area contributed by atoms with Crippen LogP contribution < -0.4 is 10.2 Å². The number of anilines is 1. The van der Waals surface area contributed by atoms with E-state index in [4.69, 9.17) is 4.74 Å². The fourth-order valence-corrected chi connectivity index (χ4v) is 3.07. The van der Waals surface area contributed by atoms with Gasteiger partial charge in [-0.1, -0.05) is 24.3 Å². The highest BCUT2D eigenvalue weighted by Gasteiger charge is 2.32. The molecule has 1 aliphatic rings. The summed E-state index contributed by atoms with van der Waals surface area (Å²) < 4.78 is 7.30. The summed E-state index contributed by atoms with van der Waals surface area (Å²) in [6.45, 7) is 0.675. The third-order valence-electron chi connectivity index (χ3n) is 4.44. The summed E-state index contributed by atoms with van der Waals surface area (Å²) in [5, 5.41) is 2.85. The molecule has 1 N–H and O–H groups in total. The lowest BCUT2D eigenvalue weighted by atomic mass is 10.2. The van der Waals surface area contributed by atoms with Gasteiger partial charge in [0, 0.05) is 29.3 Å². The number of nitrogens with one attached hydrogen (secondary N) is 1. The van der Waals surface area contributed by atoms with Crippen molar-refractivity contribution in [1.29, 1.82) is 0 Å². The number of aromatic nitrogens is 1. The molecule has 1 fully saturated rings. The summed E-state index contributed by atoms with van der Waals surface area (Å²) in [5.74, 6) is -0.196. The van der Waals surface area contributed by atoms with E-state index in [0.717, 1.165) is 11.4 Å². The largest absolute Gasteiger partial charge is 0.442 e. The smallest absolute Gasteiger partial charge is 0.414 e. The standard InChI is InChI=1S/C21H19N3O3/c25-20(16-7-6-10-18(13-16)23-11-4-5-12-23)22-14-19-15-24(21(26)27-19)17-8-2-1-3-9-17/h1-13,19H,14-15H2,(H,22,25). The van der Waals surface area contributed by atoms with Crippen LogP contribution in [-0.4, -0.2) is 35.8 Å². The molecule has 0 saturated carbocycles. The second kappa shape index (κ2) is 7.37. The molecule has 136 valence electrons. The second-order valence-corrected chi connectivity index (χ2v) is 6.30. The minimum Gasteiger partial charge on any atom is -0.442 e. The molecule has 2 aromatic carbocycles. The molecule has 0 spiro atoms. The van der Waals surface area contributed by atoms with Crippen LogP contribution in [0.25, 0.3) is 5.69 Å². The molecule has 0 radical (unpaired) electrons. The first-order valence-electron chi connectivity index (χ1n) is 8.75. The first-order chi connectivity index (χ1) is 13.2. The Balaban J connectivity index is 1.37. The fraction of sp³-hybridized carbons (Fsp3) is 0.143. The maximum atomic E-state index is 12.5. The highest BCUT2D eigenvalue weighted by molar-refractivity contribution is 5.95. The summed E-state index contributed by atoms with van der Waals surface area (Å²) in [4.78, 5) is 26.1. The van der Waals surface area contributed by atoms with Crippen LogP contribution in [0.15, 0.2) is 79.1 Å². The Morgan fingerprint density at radius 1 is 1.00 bits per heavy atom. The van der Waals surface area contributed by atoms with Crippen LogP contribution in [0.4, 0.5) is 10.5 Å². The van der Waals surface area contributed by atoms with E-state index in [2.05, 4.69) is 5.32 Å². The van der Waals surface area contributed by atoms with E-state index in [1.807, 2.05) is 77.6 Å². The molecule has 4 rings (SSSR count). The van der Waals surface area contributed by atoms with Crippen LogP contribution in [0, 0.1) is 0 Å². The number of para-hydroxylation sites is 1. The third kappa shape index (κ3) is 3.69. The zero-order chi connectivity index (χ0) is 18.6. The van der Waals surface area contributed by atoms with Crippen molar-refractivity contribution in [2.75, 3.05) is 18.0 Å². The van der Waals surface area contributed by atoms with Gasteiger partial charge in [-0.15, -0.1) is 0 Å². The predicted octanol–water partition coefficient (Wildman–Crippen LogP) is 3.23. The lowest BCUT2D eigenvalue weighted by Gasteiger charge is -2.13. The maximum absolute atomic E-state index is 12.5. The predicted molar refractivity (Wildman–Crippen MR) is 102 cm³/mol. The molecule has 1 atom stereocenters. The molecule has 2 amide bonds. The molecule has 6 heteroatoms. The van der Waals surface area contributed by atoms with Gasteiger partial charge in [-0.05, 0) is 42.5 Å². The summed E-state index contributed by atoms with van der Waals surface area (Å²) in [7, 11) is 0. The van der Waals surface area contributed by atoms with E-state index in [1.165, 1.54) is 0 Å². The highest BCUT2D eigenvalue weighted by atomic mass is 16.6. The van der Waals surface area contributed by atoms with Crippen molar-refractivity contribution >= 4 is 17.7 Å². The van der Waals surface area contributed by atoms with Gasteiger partial charge in [-0.3, -0.25) is 9.69 Å². The fourth-order valence-electron chi connectivity index (χ4n) is 3.07. The van der Waals surface area contributed by atoms with Gasteiger partial charge < -0.3 is 14.6 Å². The van der Waals surface area contributed by atoms with Gasteiger partial charge in [0.15, 0.2) is 0 Å². The number of carbonyl (C=O) groups excluding carboxylic acids is 2. The molecule has 0 bridgehead atoms. The van der Waals surface area contributed by atoms with Crippen molar-refractivity contribution in [3.05, 3.63) is 84.7 Å². The Labute approximate surface area is 157 Å². The van der Waals surface area contributed by atoms with E-state index in [-0.39, 0.29) is 18.6 Å². The van der Waals surface area contributed by atoms with E-state index in [1.54, 1.807) is 11.0 Å². The number of ether oxygens (including phenoxy) is 1. The zero-order valence-electron chi connectivity index (χ0n) is 14.6. The van der Waals surface area contributed by atoms with Crippen LogP contribution >= 0.6 is 0 Å². The van der Waals surface area contributed by atoms with Crippen LogP contribution in [0.1, 0.15) is 10.4 Å². The molecule has 27 heavy (non-hydrogen) atoms. The van der Waals surface area contributed by atoms with Crippen molar-refractivity contribution in [2.45, 2.75) is 6.10 Å². The molecule has 2 heterocycles. The van der Waals surface area contributed by atoms with E-state index < -0.39 is 6.09 Å². The molecule has 1 unspecified atom stereocenters. The number of rotatable bonds is 5. The summed E-state index contributed by atoms with van der Waals surface area (Å²) in [6.07, 6.45) is 3.07. The van der Waals surface area contributed by atoms with Gasteiger partial charge in [0.05, 0.1) is 13.1 Å². The van der Waals surface area contributed by atoms with Gasteiger partial charge in [0.25, 0.3) is 5.91 Å². The van der Waals surface area contributed by atoms with Gasteiger partial charge in [-0.2, -0.15) is 0 Å². The molecule has 6 nitrogen and oxygen atoms in total. The first kappa shape index (κ1) is 16.9. The van der Waals surface area contributed by atoms with Crippen molar-refractivity contribution < 1.29 is 14.3 Å². The Morgan fingerprint density at radius 2 is 1.74 bits per heavy atom. The number of nitrogens with zero attached hydrogens (tertiary/aromatic N) is 2. The van der Waals surface area contributed by atoms with E-state index >= 15 is 0 Å². The zero-order valence-corrected chi connectivity index (χ0v) is 14.6. The normalized spacial score (nSPS) is 16.2. The number of benzene rings is 2. The monoisotopic (exact) mass is 361 g/mol. The molecule has 1 aromatic heterocycles. The quantitative estimate of drug-likeness (QED) is 0.759. The molecule has 1 saturated heterocycles. The van der Waals surface area contributed by atoms with Crippen molar-refractivity contribution in [3.8, 4) is 5.69 Å². The van der Waals surface area contributed by atoms with Crippen LogP contribution in [0.3, 0.4) is 0 Å². The molecule has 1 aliphatic heterocycles. The summed E-state index contributed by atoms with van der Waals surface area (Å²) in [6, 6.07) is 20.6. The molecular weight excluding hydrogens is 342 g/mol. The Hall–Kier alpha value is -3.54. The van der Waals surface area contributed by atoms with Gasteiger partial charge in [0.1, 0.15) is 6.10 Å². The number of hydrogen-bond acceptors (Lipinski definition) is 3. The molecule has 3 aromatic rings. The topological polar surface area (TPSA) is 63.6 Å². The van der Waals surface area contributed by atoms with Crippen molar-refractivity contribution in [1.82, 2.24) is 9.88 Å². The third-order valence-corrected chi connectivity index (χ3v) is 4.44. The summed E-state index contributed by atoms with van der Waals surface area (Å²) >= 11 is 0. The molecular formula is C21H19N3O3. The number of amides is 2. The Morgan fingerprint density at radius 3 is 2.52 bits per heavy atom. The maximum Gasteiger partial charge on any atom is 0.414 e. The van der Waals surface area contributed by atoms with Crippen molar-refractivity contribution in [2.24, 2.45) is 0 Å². The molecule has 0 aliphatic carbocycles. The number of hydrogen-bond donors (Lipinski definition) is 1. The van der Waals surface area contributed by atoms with Crippen LogP contribution in [0.5, 0.6) is 0 Å². The Bertz CT molecular complexity index is 938. The van der Waals surface area contributed by atoms with Gasteiger partial charge >= 0.3 is 6.09 Å². The SMILES string of the molecule is O=C(NCC1CN(c2ccccc2)C(=O)O1)c1cccc(-n2cccc2)c1. The minimum absolute atomic E-state index is 0.196. The van der Waals surface area contributed by atoms with E-state index in [0.29, 0.717) is 12.1 Å². The first-order valence-corrected chi connectivity index (χ1v) is 8.75. The number of cyclic esters (lactones) is 1. The average molecular weight is 361 g/mol. The minimum atomic E-state index is -0.393. The van der Waals surface area contributed by atoms with E-state index in [9.17, 15) is 9.59 Å². The van der Waals surface area contributed by atoms with Gasteiger partial charge in [0.2, 0.25) is 0 Å². The van der Waals surface area contributed by atoms with Crippen LogP contribution in [-0.2, 0) is 4.74 Å². The second-order valence-electron chi connectivity index (χ2n) is 6.30.